The first kappa shape index (κ1) is 26.0. The third-order valence-corrected chi connectivity index (χ3v) is 7.74. The first-order valence-corrected chi connectivity index (χ1v) is 12.6. The second kappa shape index (κ2) is 9.56. The highest BCUT2D eigenvalue weighted by Gasteiger charge is 2.43. The first-order valence-electron chi connectivity index (χ1n) is 10.4. The van der Waals surface area contributed by atoms with Gasteiger partial charge in [0.15, 0.2) is 0 Å². The number of nitrogens with one attached hydrogen (secondary N) is 1. The van der Waals surface area contributed by atoms with Crippen molar-refractivity contribution >= 4 is 50.9 Å². The number of carbonyl (C=O) groups excluding carboxylic acids is 3. The molecular weight excluding hydrogens is 501 g/mol. The van der Waals surface area contributed by atoms with Crippen LogP contribution in [0.25, 0.3) is 0 Å². The zero-order valence-electron chi connectivity index (χ0n) is 19.1. The monoisotopic (exact) mass is 525 g/mol. The SMILES string of the molecule is CC(C(=O)NC(C)(C)C)N(Cc1c(Cl)cccc1Cl)C(=O)CN1C(=O)c2ccccc2S1(=O)=O. The van der Waals surface area contributed by atoms with Crippen LogP contribution in [0.1, 0.15) is 43.6 Å². The van der Waals surface area contributed by atoms with E-state index in [4.69, 9.17) is 23.2 Å². The van der Waals surface area contributed by atoms with Crippen LogP contribution in [0, 0.1) is 0 Å². The van der Waals surface area contributed by atoms with E-state index in [1.165, 1.54) is 30.0 Å². The topological polar surface area (TPSA) is 104 Å². The van der Waals surface area contributed by atoms with Gasteiger partial charge in [0.05, 0.1) is 5.56 Å². The van der Waals surface area contributed by atoms with Gasteiger partial charge in [0, 0.05) is 27.7 Å². The van der Waals surface area contributed by atoms with Crippen LogP contribution in [-0.2, 0) is 26.2 Å². The molecule has 0 saturated heterocycles. The molecule has 0 spiro atoms. The standard InChI is InChI=1S/C23H25Cl2N3O5S/c1-14(21(30)26-23(2,3)4)27(12-16-17(24)9-7-10-18(16)25)20(29)13-28-22(31)15-8-5-6-11-19(15)34(28,32)33/h5-11,14H,12-13H2,1-4H3,(H,26,30). The van der Waals surface area contributed by atoms with Crippen molar-refractivity contribution in [2.75, 3.05) is 6.54 Å². The molecule has 8 nitrogen and oxygen atoms in total. The predicted octanol–water partition coefficient (Wildman–Crippen LogP) is 3.47. The third kappa shape index (κ3) is 5.21. The summed E-state index contributed by atoms with van der Waals surface area (Å²) in [7, 11) is -4.20. The summed E-state index contributed by atoms with van der Waals surface area (Å²) in [6.45, 7) is 5.96. The van der Waals surface area contributed by atoms with E-state index in [1.54, 1.807) is 45.0 Å². The highest BCUT2D eigenvalue weighted by molar-refractivity contribution is 7.90. The van der Waals surface area contributed by atoms with Crippen LogP contribution in [0.3, 0.4) is 0 Å². The Morgan fingerprint density at radius 2 is 1.65 bits per heavy atom. The molecule has 1 aliphatic heterocycles. The van der Waals surface area contributed by atoms with Gasteiger partial charge >= 0.3 is 0 Å². The summed E-state index contributed by atoms with van der Waals surface area (Å²) < 4.78 is 26.4. The van der Waals surface area contributed by atoms with E-state index >= 15 is 0 Å². The minimum Gasteiger partial charge on any atom is -0.350 e. The van der Waals surface area contributed by atoms with Gasteiger partial charge in [-0.3, -0.25) is 14.4 Å². The zero-order chi connectivity index (χ0) is 25.4. The molecule has 11 heteroatoms. The number of fused-ring (bicyclic) bond motifs is 1. The Morgan fingerprint density at radius 1 is 1.06 bits per heavy atom. The molecule has 1 aliphatic rings. The van der Waals surface area contributed by atoms with Gasteiger partial charge in [-0.15, -0.1) is 0 Å². The van der Waals surface area contributed by atoms with E-state index in [-0.39, 0.29) is 27.0 Å². The van der Waals surface area contributed by atoms with E-state index in [0.29, 0.717) is 9.87 Å². The van der Waals surface area contributed by atoms with Crippen molar-refractivity contribution in [3.8, 4) is 0 Å². The van der Waals surface area contributed by atoms with Crippen molar-refractivity contribution in [3.05, 3.63) is 63.6 Å². The molecule has 2 aromatic rings. The molecule has 0 bridgehead atoms. The van der Waals surface area contributed by atoms with E-state index < -0.39 is 45.9 Å². The molecule has 1 N–H and O–H groups in total. The van der Waals surface area contributed by atoms with Crippen LogP contribution in [-0.4, -0.2) is 53.5 Å². The van der Waals surface area contributed by atoms with Gasteiger partial charge in [-0.25, -0.2) is 12.7 Å². The van der Waals surface area contributed by atoms with Crippen LogP contribution in [0.15, 0.2) is 47.4 Å². The predicted molar refractivity (Wildman–Crippen MR) is 129 cm³/mol. The number of halogens is 2. The summed E-state index contributed by atoms with van der Waals surface area (Å²) in [5, 5.41) is 3.37. The van der Waals surface area contributed by atoms with Gasteiger partial charge < -0.3 is 10.2 Å². The van der Waals surface area contributed by atoms with Gasteiger partial charge in [-0.05, 0) is 52.0 Å². The number of hydrogen-bond acceptors (Lipinski definition) is 5. The minimum atomic E-state index is -4.20. The first-order chi connectivity index (χ1) is 15.7. The number of nitrogens with zero attached hydrogens (tertiary/aromatic N) is 2. The molecule has 1 heterocycles. The van der Waals surface area contributed by atoms with E-state index in [0.717, 1.165) is 0 Å². The van der Waals surface area contributed by atoms with Gasteiger partial charge in [0.1, 0.15) is 17.5 Å². The summed E-state index contributed by atoms with van der Waals surface area (Å²) in [5.41, 5.74) is -0.180. The van der Waals surface area contributed by atoms with Crippen molar-refractivity contribution in [2.45, 2.75) is 50.7 Å². The van der Waals surface area contributed by atoms with E-state index in [2.05, 4.69) is 5.32 Å². The molecule has 0 aromatic heterocycles. The Morgan fingerprint density at radius 3 is 2.21 bits per heavy atom. The molecule has 0 aliphatic carbocycles. The second-order valence-electron chi connectivity index (χ2n) is 8.95. The van der Waals surface area contributed by atoms with Gasteiger partial charge in [-0.1, -0.05) is 41.4 Å². The lowest BCUT2D eigenvalue weighted by molar-refractivity contribution is -0.141. The highest BCUT2D eigenvalue weighted by atomic mass is 35.5. The number of sulfonamides is 1. The quantitative estimate of drug-likeness (QED) is 0.621. The lowest BCUT2D eigenvalue weighted by Gasteiger charge is -2.32. The molecule has 1 unspecified atom stereocenters. The molecule has 1 atom stereocenters. The molecule has 0 fully saturated rings. The van der Waals surface area contributed by atoms with Crippen molar-refractivity contribution < 1.29 is 22.8 Å². The average molecular weight is 526 g/mol. The summed E-state index contributed by atoms with van der Waals surface area (Å²) in [6.07, 6.45) is 0. The summed E-state index contributed by atoms with van der Waals surface area (Å²) >= 11 is 12.6. The smallest absolute Gasteiger partial charge is 0.269 e. The van der Waals surface area contributed by atoms with Crippen molar-refractivity contribution in [2.24, 2.45) is 0 Å². The number of rotatable bonds is 6. The summed E-state index contributed by atoms with van der Waals surface area (Å²) in [6, 6.07) is 9.56. The lowest BCUT2D eigenvalue weighted by Crippen LogP contribution is -2.54. The molecule has 3 amide bonds. The molecule has 0 radical (unpaired) electrons. The summed E-state index contributed by atoms with van der Waals surface area (Å²) in [4.78, 5) is 40.1. The lowest BCUT2D eigenvalue weighted by atomic mass is 10.1. The minimum absolute atomic E-state index is 0.00507. The molecule has 2 aromatic carbocycles. The van der Waals surface area contributed by atoms with Crippen molar-refractivity contribution in [3.63, 3.8) is 0 Å². The fourth-order valence-electron chi connectivity index (χ4n) is 3.51. The largest absolute Gasteiger partial charge is 0.350 e. The van der Waals surface area contributed by atoms with Crippen molar-refractivity contribution in [1.29, 1.82) is 0 Å². The third-order valence-electron chi connectivity index (χ3n) is 5.25. The Kier molecular flexibility index (Phi) is 7.31. The Bertz CT molecular complexity index is 1240. The number of benzene rings is 2. The number of hydrogen-bond donors (Lipinski definition) is 1. The van der Waals surface area contributed by atoms with Crippen LogP contribution < -0.4 is 5.32 Å². The number of amides is 3. The maximum absolute atomic E-state index is 13.4. The Balaban J connectivity index is 1.95. The van der Waals surface area contributed by atoms with Crippen LogP contribution in [0.2, 0.25) is 10.0 Å². The average Bonchev–Trinajstić information content (AvgIpc) is 2.93. The normalized spacial score (nSPS) is 15.6. The fourth-order valence-corrected chi connectivity index (χ4v) is 5.55. The Hall–Kier alpha value is -2.62. The van der Waals surface area contributed by atoms with Gasteiger partial charge in [0.25, 0.3) is 15.9 Å². The maximum Gasteiger partial charge on any atom is 0.269 e. The highest BCUT2D eigenvalue weighted by Crippen LogP contribution is 2.31. The van der Waals surface area contributed by atoms with E-state index in [1.807, 2.05) is 0 Å². The molecule has 3 rings (SSSR count). The molecule has 0 saturated carbocycles. The second-order valence-corrected chi connectivity index (χ2v) is 11.6. The van der Waals surface area contributed by atoms with Gasteiger partial charge in [0.2, 0.25) is 11.8 Å². The Labute approximate surface area is 208 Å². The molecular formula is C23H25Cl2N3O5S. The fraction of sp³-hybridized carbons (Fsp3) is 0.348. The van der Waals surface area contributed by atoms with Crippen LogP contribution in [0.4, 0.5) is 0 Å². The van der Waals surface area contributed by atoms with E-state index in [9.17, 15) is 22.8 Å². The zero-order valence-corrected chi connectivity index (χ0v) is 21.5. The van der Waals surface area contributed by atoms with Gasteiger partial charge in [-0.2, -0.15) is 0 Å². The molecule has 182 valence electrons. The van der Waals surface area contributed by atoms with Crippen molar-refractivity contribution in [1.82, 2.24) is 14.5 Å². The van der Waals surface area contributed by atoms with Crippen LogP contribution >= 0.6 is 23.2 Å². The molecule has 34 heavy (non-hydrogen) atoms. The number of carbonyl (C=O) groups is 3. The van der Waals surface area contributed by atoms with Crippen LogP contribution in [0.5, 0.6) is 0 Å². The maximum atomic E-state index is 13.4. The summed E-state index contributed by atoms with van der Waals surface area (Å²) in [5.74, 6) is -2.01.